The molecule has 1 aromatic rings. The summed E-state index contributed by atoms with van der Waals surface area (Å²) in [6, 6.07) is 4.18. The van der Waals surface area contributed by atoms with Crippen LogP contribution in [0.25, 0.3) is 0 Å². The molecule has 102 valence electrons. The van der Waals surface area contributed by atoms with Gasteiger partial charge in [0.25, 0.3) is 0 Å². The molecule has 0 aromatic heterocycles. The van der Waals surface area contributed by atoms with Crippen LogP contribution in [-0.4, -0.2) is 25.1 Å². The summed E-state index contributed by atoms with van der Waals surface area (Å²) in [5.74, 6) is 0.849. The number of hydrogen-bond donors (Lipinski definition) is 1. The van der Waals surface area contributed by atoms with E-state index in [1.165, 1.54) is 6.07 Å². The van der Waals surface area contributed by atoms with Crippen LogP contribution in [-0.2, 0) is 6.18 Å². The van der Waals surface area contributed by atoms with Gasteiger partial charge in [0.05, 0.1) is 5.56 Å². The Kier molecular flexibility index (Phi) is 4.78. The minimum atomic E-state index is -4.41. The fourth-order valence-corrected chi connectivity index (χ4v) is 2.32. The summed E-state index contributed by atoms with van der Waals surface area (Å²) < 4.78 is 38.2. The molecule has 2 N–H and O–H groups in total. The van der Waals surface area contributed by atoms with Crippen molar-refractivity contribution in [2.24, 2.45) is 0 Å². The number of thioether (sulfide) groups is 1. The van der Waals surface area contributed by atoms with Crippen LogP contribution in [0.15, 0.2) is 18.2 Å². The van der Waals surface area contributed by atoms with E-state index in [1.807, 2.05) is 18.1 Å². The molecule has 1 rings (SSSR count). The van der Waals surface area contributed by atoms with E-state index in [2.05, 4.69) is 0 Å². The average molecular weight is 278 g/mol. The highest BCUT2D eigenvalue weighted by Crippen LogP contribution is 2.36. The molecule has 0 bridgehead atoms. The van der Waals surface area contributed by atoms with E-state index in [0.29, 0.717) is 5.69 Å². The number of rotatable bonds is 4. The highest BCUT2D eigenvalue weighted by Gasteiger charge is 2.33. The first-order valence-corrected chi connectivity index (χ1v) is 6.85. The lowest BCUT2D eigenvalue weighted by atomic mass is 10.1. The van der Waals surface area contributed by atoms with Gasteiger partial charge in [0.15, 0.2) is 0 Å². The minimum absolute atomic E-state index is 0.157. The Labute approximate surface area is 109 Å². The van der Waals surface area contributed by atoms with Crippen molar-refractivity contribution in [2.75, 3.05) is 29.7 Å². The van der Waals surface area contributed by atoms with Crippen LogP contribution in [0.2, 0.25) is 0 Å². The number of halogens is 3. The SMILES string of the molecule is CSCC(C)N(C)c1ccc(N)c(C(F)(F)F)c1. The van der Waals surface area contributed by atoms with Gasteiger partial charge in [0, 0.05) is 30.2 Å². The molecule has 0 aliphatic carbocycles. The van der Waals surface area contributed by atoms with Crippen molar-refractivity contribution in [1.29, 1.82) is 0 Å². The molecule has 0 spiro atoms. The minimum Gasteiger partial charge on any atom is -0.398 e. The zero-order valence-corrected chi connectivity index (χ0v) is 11.4. The lowest BCUT2D eigenvalue weighted by Crippen LogP contribution is -2.31. The van der Waals surface area contributed by atoms with Crippen LogP contribution in [0.5, 0.6) is 0 Å². The summed E-state index contributed by atoms with van der Waals surface area (Å²) >= 11 is 1.66. The fourth-order valence-electron chi connectivity index (χ4n) is 1.62. The molecule has 2 nitrogen and oxygen atoms in total. The van der Waals surface area contributed by atoms with E-state index >= 15 is 0 Å². The highest BCUT2D eigenvalue weighted by atomic mass is 32.2. The molecule has 0 saturated carbocycles. The van der Waals surface area contributed by atoms with Crippen molar-refractivity contribution >= 4 is 23.1 Å². The standard InChI is InChI=1S/C12H17F3N2S/c1-8(7-18-3)17(2)9-4-5-11(16)10(6-9)12(13,14)15/h4-6,8H,7,16H2,1-3H3. The predicted molar refractivity (Wildman–Crippen MR) is 72.1 cm³/mol. The first-order chi connectivity index (χ1) is 8.27. The van der Waals surface area contributed by atoms with Crippen molar-refractivity contribution < 1.29 is 13.2 Å². The van der Waals surface area contributed by atoms with Crippen molar-refractivity contribution in [1.82, 2.24) is 0 Å². The Balaban J connectivity index is 3.05. The fraction of sp³-hybridized carbons (Fsp3) is 0.500. The van der Waals surface area contributed by atoms with E-state index in [4.69, 9.17) is 5.73 Å². The van der Waals surface area contributed by atoms with E-state index in [9.17, 15) is 13.2 Å². The molecule has 6 heteroatoms. The van der Waals surface area contributed by atoms with Crippen LogP contribution in [0.1, 0.15) is 12.5 Å². The summed E-state index contributed by atoms with van der Waals surface area (Å²) in [4.78, 5) is 1.82. The van der Waals surface area contributed by atoms with Gasteiger partial charge in [0.1, 0.15) is 0 Å². The third-order valence-corrected chi connectivity index (χ3v) is 3.63. The predicted octanol–water partition coefficient (Wildman–Crippen LogP) is 3.48. The lowest BCUT2D eigenvalue weighted by Gasteiger charge is -2.27. The van der Waals surface area contributed by atoms with Gasteiger partial charge < -0.3 is 10.6 Å². The summed E-state index contributed by atoms with van der Waals surface area (Å²) in [7, 11) is 1.78. The van der Waals surface area contributed by atoms with Gasteiger partial charge in [-0.1, -0.05) is 0 Å². The summed E-state index contributed by atoms with van der Waals surface area (Å²) in [5.41, 5.74) is 4.88. The Morgan fingerprint density at radius 1 is 1.39 bits per heavy atom. The third-order valence-electron chi connectivity index (χ3n) is 2.82. The van der Waals surface area contributed by atoms with Gasteiger partial charge in [-0.15, -0.1) is 0 Å². The quantitative estimate of drug-likeness (QED) is 0.855. The van der Waals surface area contributed by atoms with Gasteiger partial charge in [-0.2, -0.15) is 24.9 Å². The maximum atomic E-state index is 12.7. The molecule has 1 aromatic carbocycles. The van der Waals surface area contributed by atoms with Crippen LogP contribution in [0.3, 0.4) is 0 Å². The summed E-state index contributed by atoms with van der Waals surface area (Å²) in [5, 5.41) is 0. The molecule has 0 aliphatic rings. The van der Waals surface area contributed by atoms with Crippen molar-refractivity contribution in [3.8, 4) is 0 Å². The molecule has 1 atom stereocenters. The van der Waals surface area contributed by atoms with Crippen LogP contribution < -0.4 is 10.6 Å². The number of nitrogens with two attached hydrogens (primary N) is 1. The van der Waals surface area contributed by atoms with Gasteiger partial charge in [-0.25, -0.2) is 0 Å². The van der Waals surface area contributed by atoms with E-state index in [0.717, 1.165) is 11.8 Å². The smallest absolute Gasteiger partial charge is 0.398 e. The average Bonchev–Trinajstić information content (AvgIpc) is 2.27. The van der Waals surface area contributed by atoms with Gasteiger partial charge >= 0.3 is 6.18 Å². The highest BCUT2D eigenvalue weighted by molar-refractivity contribution is 7.98. The Bertz CT molecular complexity index is 407. The zero-order valence-electron chi connectivity index (χ0n) is 10.6. The molecular weight excluding hydrogens is 261 g/mol. The lowest BCUT2D eigenvalue weighted by molar-refractivity contribution is -0.136. The van der Waals surface area contributed by atoms with Crippen LogP contribution in [0, 0.1) is 0 Å². The molecule has 0 saturated heterocycles. The summed E-state index contributed by atoms with van der Waals surface area (Å²) in [6.45, 7) is 1.97. The number of nitrogen functional groups attached to an aromatic ring is 1. The summed E-state index contributed by atoms with van der Waals surface area (Å²) in [6.07, 6.45) is -2.45. The molecule has 0 radical (unpaired) electrons. The van der Waals surface area contributed by atoms with Crippen molar-refractivity contribution in [2.45, 2.75) is 19.1 Å². The van der Waals surface area contributed by atoms with Gasteiger partial charge in [0.2, 0.25) is 0 Å². The van der Waals surface area contributed by atoms with E-state index < -0.39 is 11.7 Å². The normalized spacial score (nSPS) is 13.4. The first-order valence-electron chi connectivity index (χ1n) is 5.46. The second-order valence-electron chi connectivity index (χ2n) is 4.18. The largest absolute Gasteiger partial charge is 0.418 e. The van der Waals surface area contributed by atoms with Crippen LogP contribution >= 0.6 is 11.8 Å². The molecule has 0 fully saturated rings. The third kappa shape index (κ3) is 3.48. The first kappa shape index (κ1) is 15.0. The van der Waals surface area contributed by atoms with Crippen molar-refractivity contribution in [3.05, 3.63) is 23.8 Å². The number of nitrogens with zero attached hydrogens (tertiary/aromatic N) is 1. The maximum absolute atomic E-state index is 12.7. The number of anilines is 2. The Hall–Kier alpha value is -1.04. The Morgan fingerprint density at radius 2 is 2.00 bits per heavy atom. The van der Waals surface area contributed by atoms with E-state index in [-0.39, 0.29) is 11.7 Å². The van der Waals surface area contributed by atoms with E-state index in [1.54, 1.807) is 24.9 Å². The molecule has 1 unspecified atom stereocenters. The Morgan fingerprint density at radius 3 is 2.50 bits per heavy atom. The van der Waals surface area contributed by atoms with Crippen LogP contribution in [0.4, 0.5) is 24.5 Å². The van der Waals surface area contributed by atoms with Gasteiger partial charge in [-0.05, 0) is 31.4 Å². The maximum Gasteiger partial charge on any atom is 0.418 e. The second kappa shape index (κ2) is 5.73. The second-order valence-corrected chi connectivity index (χ2v) is 5.10. The number of alkyl halides is 3. The topological polar surface area (TPSA) is 29.3 Å². The molecule has 0 amide bonds. The molecule has 0 aliphatic heterocycles. The zero-order chi connectivity index (χ0) is 13.9. The number of benzene rings is 1. The number of hydrogen-bond acceptors (Lipinski definition) is 3. The van der Waals surface area contributed by atoms with Gasteiger partial charge in [-0.3, -0.25) is 0 Å². The monoisotopic (exact) mass is 278 g/mol. The molecular formula is C12H17F3N2S. The molecule has 0 heterocycles. The van der Waals surface area contributed by atoms with Crippen molar-refractivity contribution in [3.63, 3.8) is 0 Å². The molecule has 18 heavy (non-hydrogen) atoms.